The van der Waals surface area contributed by atoms with E-state index >= 15 is 0 Å². The Morgan fingerprint density at radius 2 is 1.63 bits per heavy atom. The molecule has 0 bridgehead atoms. The number of anilines is 1. The van der Waals surface area contributed by atoms with Gasteiger partial charge in [-0.1, -0.05) is 6.07 Å². The molecule has 0 N–H and O–H groups in total. The number of nitrogens with zero attached hydrogens (tertiary/aromatic N) is 2. The Hall–Kier alpha value is -3.08. The molecule has 1 aliphatic rings. The van der Waals surface area contributed by atoms with E-state index < -0.39 is 46.6 Å². The van der Waals surface area contributed by atoms with E-state index in [0.717, 1.165) is 0 Å². The largest absolute Gasteiger partial charge is 0.426 e. The molecule has 0 atom stereocenters. The van der Waals surface area contributed by atoms with E-state index in [1.54, 1.807) is 0 Å². The second-order valence-corrected chi connectivity index (χ2v) is 6.92. The van der Waals surface area contributed by atoms with Crippen LogP contribution in [0.3, 0.4) is 0 Å². The molecule has 0 saturated heterocycles. The summed E-state index contributed by atoms with van der Waals surface area (Å²) in [6.45, 7) is 2.55. The van der Waals surface area contributed by atoms with Crippen LogP contribution >= 0.6 is 15.9 Å². The number of hydrogen-bond acceptors (Lipinski definition) is 4. The Balaban J connectivity index is 2.02. The molecule has 1 amide bonds. The maximum absolute atomic E-state index is 14.1. The first kappa shape index (κ1) is 21.6. The minimum Gasteiger partial charge on any atom is -0.426 e. The summed E-state index contributed by atoms with van der Waals surface area (Å²) < 4.78 is 73.7. The van der Waals surface area contributed by atoms with Gasteiger partial charge in [-0.3, -0.25) is 9.59 Å². The van der Waals surface area contributed by atoms with E-state index in [1.807, 2.05) is 0 Å². The molecular formula is C19H10BrF5N2O3. The fourth-order valence-corrected chi connectivity index (χ4v) is 3.10. The van der Waals surface area contributed by atoms with Gasteiger partial charge in [0.15, 0.2) is 23.3 Å². The third-order valence-corrected chi connectivity index (χ3v) is 4.60. The number of hydrogen-bond donors (Lipinski definition) is 0. The van der Waals surface area contributed by atoms with Crippen LogP contribution in [-0.4, -0.2) is 17.6 Å². The molecule has 0 aromatic heterocycles. The van der Waals surface area contributed by atoms with Crippen LogP contribution in [0.1, 0.15) is 19.4 Å². The number of carbonyl (C=O) groups excluding carboxylic acids is 2. The lowest BCUT2D eigenvalue weighted by Gasteiger charge is -2.15. The third kappa shape index (κ3) is 3.72. The van der Waals surface area contributed by atoms with E-state index in [2.05, 4.69) is 21.0 Å². The van der Waals surface area contributed by atoms with E-state index in [1.165, 1.54) is 38.1 Å². The molecule has 1 aliphatic heterocycles. The number of carbonyl (C=O) groups is 2. The molecule has 3 rings (SSSR count). The molecular weight excluding hydrogens is 479 g/mol. The zero-order valence-electron chi connectivity index (χ0n) is 15.2. The highest BCUT2D eigenvalue weighted by Gasteiger charge is 2.37. The molecule has 2 aromatic carbocycles. The van der Waals surface area contributed by atoms with E-state index in [4.69, 9.17) is 4.74 Å². The monoisotopic (exact) mass is 488 g/mol. The Labute approximate surface area is 174 Å². The van der Waals surface area contributed by atoms with Crippen LogP contribution in [0.15, 0.2) is 33.3 Å². The van der Waals surface area contributed by atoms with Gasteiger partial charge in [0, 0.05) is 6.92 Å². The minimum absolute atomic E-state index is 0.0101. The smallest absolute Gasteiger partial charge is 0.308 e. The highest BCUT2D eigenvalue weighted by atomic mass is 79.9. The Morgan fingerprint density at radius 1 is 1.07 bits per heavy atom. The second-order valence-electron chi connectivity index (χ2n) is 6.06. The molecule has 0 fully saturated rings. The average Bonchev–Trinajstić information content (AvgIpc) is 2.95. The van der Waals surface area contributed by atoms with Crippen molar-refractivity contribution in [2.45, 2.75) is 13.8 Å². The number of esters is 1. The third-order valence-electron chi connectivity index (χ3n) is 3.98. The molecule has 2 aromatic rings. The molecule has 1 heterocycles. The highest BCUT2D eigenvalue weighted by molar-refractivity contribution is 9.10. The van der Waals surface area contributed by atoms with Crippen LogP contribution in [0.5, 0.6) is 5.75 Å². The molecule has 0 spiro atoms. The summed E-state index contributed by atoms with van der Waals surface area (Å²) in [6.07, 6.45) is 1.30. The number of ether oxygens (including phenoxy) is 1. The molecule has 0 saturated carbocycles. The summed E-state index contributed by atoms with van der Waals surface area (Å²) >= 11 is 3.20. The zero-order valence-corrected chi connectivity index (χ0v) is 16.8. The standard InChI is InChI=1S/C19H10BrF5N2O3/c1-7-10(5-9-3-4-12(11(20)6-9)30-8(2)28)19(29)27(26-7)18-16(24)14(22)13(21)15(23)17(18)25/h3-6H,1-2H3/b10-5-. The second kappa shape index (κ2) is 7.98. The first-order valence-corrected chi connectivity index (χ1v) is 8.93. The van der Waals surface area contributed by atoms with Crippen LogP contribution in [0, 0.1) is 29.1 Å². The molecule has 30 heavy (non-hydrogen) atoms. The summed E-state index contributed by atoms with van der Waals surface area (Å²) in [5.74, 6) is -12.5. The van der Waals surface area contributed by atoms with E-state index in [9.17, 15) is 31.5 Å². The van der Waals surface area contributed by atoms with E-state index in [-0.39, 0.29) is 22.0 Å². The van der Waals surface area contributed by atoms with Crippen LogP contribution in [0.4, 0.5) is 27.6 Å². The highest BCUT2D eigenvalue weighted by Crippen LogP contribution is 2.34. The molecule has 5 nitrogen and oxygen atoms in total. The van der Waals surface area contributed by atoms with Crippen molar-refractivity contribution in [3.63, 3.8) is 0 Å². The molecule has 11 heteroatoms. The molecule has 0 unspecified atom stereocenters. The lowest BCUT2D eigenvalue weighted by molar-refractivity contribution is -0.131. The summed E-state index contributed by atoms with van der Waals surface area (Å²) in [5, 5.41) is 3.77. The minimum atomic E-state index is -2.34. The predicted octanol–water partition coefficient (Wildman–Crippen LogP) is 4.88. The van der Waals surface area contributed by atoms with Crippen molar-refractivity contribution in [3.05, 3.63) is 62.9 Å². The SMILES string of the molecule is CC(=O)Oc1ccc(/C=C2\C(=O)N(c3c(F)c(F)c(F)c(F)c3F)N=C2C)cc1Br. The van der Waals surface area contributed by atoms with Gasteiger partial charge in [-0.05, 0) is 46.6 Å². The maximum atomic E-state index is 14.1. The van der Waals surface area contributed by atoms with Gasteiger partial charge in [-0.2, -0.15) is 10.1 Å². The Kier molecular flexibility index (Phi) is 5.75. The Bertz CT molecular complexity index is 1130. The van der Waals surface area contributed by atoms with Gasteiger partial charge in [-0.25, -0.2) is 22.0 Å². The number of hydrazone groups is 1. The average molecular weight is 489 g/mol. The van der Waals surface area contributed by atoms with Crippen molar-refractivity contribution in [2.24, 2.45) is 5.10 Å². The number of halogens is 6. The van der Waals surface area contributed by atoms with Crippen molar-refractivity contribution in [1.29, 1.82) is 0 Å². The van der Waals surface area contributed by atoms with Gasteiger partial charge >= 0.3 is 5.97 Å². The van der Waals surface area contributed by atoms with E-state index in [0.29, 0.717) is 10.0 Å². The van der Waals surface area contributed by atoms with Gasteiger partial charge in [0.2, 0.25) is 5.82 Å². The van der Waals surface area contributed by atoms with Crippen molar-refractivity contribution in [1.82, 2.24) is 0 Å². The summed E-state index contributed by atoms with van der Waals surface area (Å²) in [7, 11) is 0. The van der Waals surface area contributed by atoms with Gasteiger partial charge < -0.3 is 4.74 Å². The molecule has 156 valence electrons. The van der Waals surface area contributed by atoms with Gasteiger partial charge in [-0.15, -0.1) is 0 Å². The lowest BCUT2D eigenvalue weighted by atomic mass is 10.1. The van der Waals surface area contributed by atoms with Crippen LogP contribution < -0.4 is 9.75 Å². The fraction of sp³-hybridized carbons (Fsp3) is 0.105. The first-order chi connectivity index (χ1) is 14.0. The van der Waals surface area contributed by atoms with Crippen molar-refractivity contribution in [2.75, 3.05) is 5.01 Å². The quantitative estimate of drug-likeness (QED) is 0.154. The number of rotatable bonds is 3. The molecule has 0 radical (unpaired) electrons. The van der Waals surface area contributed by atoms with Crippen molar-refractivity contribution < 1.29 is 36.3 Å². The summed E-state index contributed by atoms with van der Waals surface area (Å²) in [6, 6.07) is 4.41. The molecule has 0 aliphatic carbocycles. The van der Waals surface area contributed by atoms with Crippen LogP contribution in [-0.2, 0) is 9.59 Å². The fourth-order valence-electron chi connectivity index (χ4n) is 2.63. The van der Waals surface area contributed by atoms with Crippen LogP contribution in [0.25, 0.3) is 6.08 Å². The topological polar surface area (TPSA) is 59.0 Å². The normalized spacial score (nSPS) is 15.1. The maximum Gasteiger partial charge on any atom is 0.308 e. The zero-order chi connectivity index (χ0) is 22.3. The number of benzene rings is 2. The first-order valence-electron chi connectivity index (χ1n) is 8.14. The van der Waals surface area contributed by atoms with Gasteiger partial charge in [0.25, 0.3) is 5.91 Å². The number of amides is 1. The van der Waals surface area contributed by atoms with Crippen molar-refractivity contribution >= 4 is 45.3 Å². The Morgan fingerprint density at radius 3 is 2.17 bits per heavy atom. The van der Waals surface area contributed by atoms with Gasteiger partial charge in [0.1, 0.15) is 11.4 Å². The lowest BCUT2D eigenvalue weighted by Crippen LogP contribution is -2.25. The van der Waals surface area contributed by atoms with Crippen molar-refractivity contribution in [3.8, 4) is 5.75 Å². The van der Waals surface area contributed by atoms with Gasteiger partial charge in [0.05, 0.1) is 15.8 Å². The predicted molar refractivity (Wildman–Crippen MR) is 100 cm³/mol. The van der Waals surface area contributed by atoms with Crippen LogP contribution in [0.2, 0.25) is 0 Å². The summed E-state index contributed by atoms with van der Waals surface area (Å²) in [5.41, 5.74) is -1.20. The summed E-state index contributed by atoms with van der Waals surface area (Å²) in [4.78, 5) is 23.7.